The smallest absolute Gasteiger partial charge is 0.305 e. The minimum atomic E-state index is -0.245. The number of ether oxygens (including phenoxy) is 2. The molecule has 0 aromatic heterocycles. The second-order valence-electron chi connectivity index (χ2n) is 4.98. The fourth-order valence-electron chi connectivity index (χ4n) is 2.24. The molecule has 1 N–H and O–H groups in total. The lowest BCUT2D eigenvalue weighted by molar-refractivity contribution is -0.140. The molecule has 19 heavy (non-hydrogen) atoms. The molecule has 6 heteroatoms. The van der Waals surface area contributed by atoms with Crippen molar-refractivity contribution in [2.24, 2.45) is 0 Å². The highest BCUT2D eigenvalue weighted by Crippen LogP contribution is 2.09. The molecule has 1 aliphatic rings. The van der Waals surface area contributed by atoms with Crippen molar-refractivity contribution in [3.8, 4) is 0 Å². The van der Waals surface area contributed by atoms with Crippen molar-refractivity contribution >= 4 is 11.9 Å². The van der Waals surface area contributed by atoms with E-state index in [1.165, 1.54) is 7.11 Å². The standard InChI is InChI=1S/C13H24N2O4/c1-10-7-15(8-11(2)19-10)9-12(16)14-6-4-5-13(17)18-3/h10-11H,4-9H2,1-3H3,(H,14,16)/t10-,11-/m0/s1. The largest absolute Gasteiger partial charge is 0.469 e. The highest BCUT2D eigenvalue weighted by atomic mass is 16.5. The van der Waals surface area contributed by atoms with Crippen LogP contribution < -0.4 is 5.32 Å². The first kappa shape index (κ1) is 15.9. The molecule has 0 spiro atoms. The van der Waals surface area contributed by atoms with Gasteiger partial charge in [-0.2, -0.15) is 0 Å². The number of nitrogens with zero attached hydrogens (tertiary/aromatic N) is 1. The molecule has 2 atom stereocenters. The van der Waals surface area contributed by atoms with Crippen LogP contribution in [0, 0.1) is 0 Å². The molecule has 1 aliphatic heterocycles. The Hall–Kier alpha value is -1.14. The van der Waals surface area contributed by atoms with E-state index in [2.05, 4.69) is 15.0 Å². The van der Waals surface area contributed by atoms with Gasteiger partial charge in [-0.3, -0.25) is 14.5 Å². The van der Waals surface area contributed by atoms with Crippen LogP contribution in [0.15, 0.2) is 0 Å². The van der Waals surface area contributed by atoms with E-state index in [0.717, 1.165) is 13.1 Å². The normalized spacial score (nSPS) is 23.9. The van der Waals surface area contributed by atoms with Crippen LogP contribution in [0.25, 0.3) is 0 Å². The van der Waals surface area contributed by atoms with Gasteiger partial charge in [-0.1, -0.05) is 0 Å². The Labute approximate surface area is 114 Å². The first-order valence-electron chi connectivity index (χ1n) is 6.72. The van der Waals surface area contributed by atoms with Crippen LogP contribution in [0.1, 0.15) is 26.7 Å². The van der Waals surface area contributed by atoms with E-state index in [1.807, 2.05) is 13.8 Å². The lowest BCUT2D eigenvalue weighted by Gasteiger charge is -2.34. The molecule has 0 saturated carbocycles. The van der Waals surface area contributed by atoms with Crippen LogP contribution in [0.4, 0.5) is 0 Å². The number of carbonyl (C=O) groups is 2. The molecule has 1 amide bonds. The predicted molar refractivity (Wildman–Crippen MR) is 70.7 cm³/mol. The molecule has 0 aromatic carbocycles. The van der Waals surface area contributed by atoms with Crippen molar-refractivity contribution in [3.05, 3.63) is 0 Å². The Morgan fingerprint density at radius 3 is 2.53 bits per heavy atom. The van der Waals surface area contributed by atoms with Crippen LogP contribution in [0.5, 0.6) is 0 Å². The second kappa shape index (κ2) is 8.12. The summed E-state index contributed by atoms with van der Waals surface area (Å²) in [5, 5.41) is 2.81. The molecule has 0 radical (unpaired) electrons. The fraction of sp³-hybridized carbons (Fsp3) is 0.846. The summed E-state index contributed by atoms with van der Waals surface area (Å²) in [6.45, 7) is 6.47. The summed E-state index contributed by atoms with van der Waals surface area (Å²) < 4.78 is 10.1. The number of hydrogen-bond acceptors (Lipinski definition) is 5. The molecule has 0 aliphatic carbocycles. The maximum Gasteiger partial charge on any atom is 0.305 e. The van der Waals surface area contributed by atoms with Gasteiger partial charge in [-0.25, -0.2) is 0 Å². The van der Waals surface area contributed by atoms with E-state index >= 15 is 0 Å². The van der Waals surface area contributed by atoms with Crippen LogP contribution in [-0.4, -0.2) is 62.3 Å². The van der Waals surface area contributed by atoms with Gasteiger partial charge in [0.15, 0.2) is 0 Å². The van der Waals surface area contributed by atoms with Crippen LogP contribution in [0.3, 0.4) is 0 Å². The number of morpholine rings is 1. The van der Waals surface area contributed by atoms with Gasteiger partial charge in [0.2, 0.25) is 5.91 Å². The molecule has 6 nitrogen and oxygen atoms in total. The number of rotatable bonds is 6. The number of amides is 1. The highest BCUT2D eigenvalue weighted by molar-refractivity contribution is 5.78. The van der Waals surface area contributed by atoms with Gasteiger partial charge in [0.1, 0.15) is 0 Å². The number of methoxy groups -OCH3 is 1. The van der Waals surface area contributed by atoms with E-state index in [9.17, 15) is 9.59 Å². The molecule has 0 unspecified atom stereocenters. The zero-order chi connectivity index (χ0) is 14.3. The second-order valence-corrected chi connectivity index (χ2v) is 4.98. The third kappa shape index (κ3) is 6.54. The number of carbonyl (C=O) groups excluding carboxylic acids is 2. The number of nitrogens with one attached hydrogen (secondary N) is 1. The van der Waals surface area contributed by atoms with E-state index in [1.54, 1.807) is 0 Å². The van der Waals surface area contributed by atoms with Crippen molar-refractivity contribution in [2.45, 2.75) is 38.9 Å². The highest BCUT2D eigenvalue weighted by Gasteiger charge is 2.23. The zero-order valence-electron chi connectivity index (χ0n) is 12.0. The molecule has 1 fully saturated rings. The summed E-state index contributed by atoms with van der Waals surface area (Å²) in [5.74, 6) is -0.253. The van der Waals surface area contributed by atoms with E-state index in [-0.39, 0.29) is 24.1 Å². The Balaban J connectivity index is 2.15. The molecule has 110 valence electrons. The number of hydrogen-bond donors (Lipinski definition) is 1. The first-order chi connectivity index (χ1) is 9.01. The zero-order valence-corrected chi connectivity index (χ0v) is 12.0. The van der Waals surface area contributed by atoms with Gasteiger partial charge in [0.05, 0.1) is 25.9 Å². The summed E-state index contributed by atoms with van der Waals surface area (Å²) in [6.07, 6.45) is 1.27. The summed E-state index contributed by atoms with van der Waals surface area (Å²) >= 11 is 0. The van der Waals surface area contributed by atoms with Gasteiger partial charge in [0, 0.05) is 26.1 Å². The molecule has 1 heterocycles. The Morgan fingerprint density at radius 1 is 1.32 bits per heavy atom. The summed E-state index contributed by atoms with van der Waals surface area (Å²) in [6, 6.07) is 0. The third-order valence-corrected chi connectivity index (χ3v) is 2.97. The molecule has 1 rings (SSSR count). The fourth-order valence-corrected chi connectivity index (χ4v) is 2.24. The Bertz CT molecular complexity index is 299. The first-order valence-corrected chi connectivity index (χ1v) is 6.72. The SMILES string of the molecule is COC(=O)CCCNC(=O)CN1C[C@H](C)O[C@@H](C)C1. The Kier molecular flexibility index (Phi) is 6.80. The minimum absolute atomic E-state index is 0.00818. The summed E-state index contributed by atoms with van der Waals surface area (Å²) in [4.78, 5) is 24.7. The van der Waals surface area contributed by atoms with Gasteiger partial charge < -0.3 is 14.8 Å². The average Bonchev–Trinajstić information content (AvgIpc) is 2.33. The van der Waals surface area contributed by atoms with E-state index < -0.39 is 0 Å². The molecule has 1 saturated heterocycles. The van der Waals surface area contributed by atoms with Crippen molar-refractivity contribution < 1.29 is 19.1 Å². The van der Waals surface area contributed by atoms with Crippen LogP contribution >= 0.6 is 0 Å². The van der Waals surface area contributed by atoms with Gasteiger partial charge >= 0.3 is 5.97 Å². The molecular formula is C13H24N2O4. The average molecular weight is 272 g/mol. The van der Waals surface area contributed by atoms with Crippen LogP contribution in [0.2, 0.25) is 0 Å². The molecular weight excluding hydrogens is 248 g/mol. The van der Waals surface area contributed by atoms with Gasteiger partial charge in [0.25, 0.3) is 0 Å². The molecule has 0 aromatic rings. The van der Waals surface area contributed by atoms with Crippen molar-refractivity contribution in [1.29, 1.82) is 0 Å². The lowest BCUT2D eigenvalue weighted by Crippen LogP contribution is -2.49. The third-order valence-electron chi connectivity index (χ3n) is 2.97. The van der Waals surface area contributed by atoms with Crippen molar-refractivity contribution in [3.63, 3.8) is 0 Å². The van der Waals surface area contributed by atoms with Crippen LogP contribution in [-0.2, 0) is 19.1 Å². The topological polar surface area (TPSA) is 67.9 Å². The lowest BCUT2D eigenvalue weighted by atomic mass is 10.2. The van der Waals surface area contributed by atoms with E-state index in [0.29, 0.717) is 25.9 Å². The quantitative estimate of drug-likeness (QED) is 0.551. The van der Waals surface area contributed by atoms with Crippen molar-refractivity contribution in [2.75, 3.05) is 33.3 Å². The van der Waals surface area contributed by atoms with E-state index in [4.69, 9.17) is 4.74 Å². The summed E-state index contributed by atoms with van der Waals surface area (Å²) in [5.41, 5.74) is 0. The Morgan fingerprint density at radius 2 is 1.95 bits per heavy atom. The predicted octanol–water partition coefficient (Wildman–Crippen LogP) is 0.165. The van der Waals surface area contributed by atoms with Crippen molar-refractivity contribution in [1.82, 2.24) is 10.2 Å². The van der Waals surface area contributed by atoms with Gasteiger partial charge in [-0.05, 0) is 20.3 Å². The summed E-state index contributed by atoms with van der Waals surface area (Å²) in [7, 11) is 1.36. The number of esters is 1. The molecule has 0 bridgehead atoms. The minimum Gasteiger partial charge on any atom is -0.469 e. The maximum atomic E-state index is 11.7. The monoisotopic (exact) mass is 272 g/mol. The van der Waals surface area contributed by atoms with Gasteiger partial charge in [-0.15, -0.1) is 0 Å². The maximum absolute atomic E-state index is 11.7.